The second kappa shape index (κ2) is 13.4. The van der Waals surface area contributed by atoms with Crippen molar-refractivity contribution in [2.24, 2.45) is 0 Å². The SMILES string of the molecule is COCc1ccc(COc2ccc(-c3ccc(C)cc3S(=O)(=O)O)c(SOOO)c2)c(SOOO)c1. The second-order valence-electron chi connectivity index (χ2n) is 7.25. The van der Waals surface area contributed by atoms with Crippen molar-refractivity contribution in [3.63, 3.8) is 0 Å². The molecule has 36 heavy (non-hydrogen) atoms. The van der Waals surface area contributed by atoms with Crippen LogP contribution in [0.25, 0.3) is 11.1 Å². The van der Waals surface area contributed by atoms with Crippen molar-refractivity contribution < 1.29 is 51.7 Å². The Bertz CT molecular complexity index is 1280. The Hall–Kier alpha value is -2.21. The van der Waals surface area contributed by atoms with E-state index in [-0.39, 0.29) is 17.1 Å². The fourth-order valence-electron chi connectivity index (χ4n) is 3.27. The molecule has 0 spiro atoms. The van der Waals surface area contributed by atoms with Gasteiger partial charge in [0.05, 0.1) is 35.6 Å². The van der Waals surface area contributed by atoms with E-state index in [2.05, 4.69) is 18.7 Å². The van der Waals surface area contributed by atoms with Crippen molar-refractivity contribution >= 4 is 34.2 Å². The van der Waals surface area contributed by atoms with Crippen LogP contribution < -0.4 is 4.74 Å². The highest BCUT2D eigenvalue weighted by Crippen LogP contribution is 2.38. The van der Waals surface area contributed by atoms with Gasteiger partial charge in [-0.1, -0.05) is 34.3 Å². The summed E-state index contributed by atoms with van der Waals surface area (Å²) >= 11 is 1.40. The highest BCUT2D eigenvalue weighted by Gasteiger charge is 2.20. The summed E-state index contributed by atoms with van der Waals surface area (Å²) in [5.74, 6) is 0.375. The van der Waals surface area contributed by atoms with Gasteiger partial charge in [0.2, 0.25) is 0 Å². The van der Waals surface area contributed by atoms with Gasteiger partial charge in [-0.25, -0.2) is 10.5 Å². The monoisotopic (exact) mass is 558 g/mol. The van der Waals surface area contributed by atoms with Crippen molar-refractivity contribution in [3.05, 3.63) is 71.3 Å². The maximum absolute atomic E-state index is 12.0. The number of hydrogen-bond acceptors (Lipinski definition) is 12. The summed E-state index contributed by atoms with van der Waals surface area (Å²) in [6, 6.07) is 14.7. The Labute approximate surface area is 215 Å². The van der Waals surface area contributed by atoms with Gasteiger partial charge < -0.3 is 9.47 Å². The summed E-state index contributed by atoms with van der Waals surface area (Å²) in [5, 5.41) is 24.5. The van der Waals surface area contributed by atoms with E-state index in [0.717, 1.165) is 17.6 Å². The van der Waals surface area contributed by atoms with Gasteiger partial charge >= 0.3 is 0 Å². The number of methoxy groups -OCH3 is 1. The molecule has 0 fully saturated rings. The van der Waals surface area contributed by atoms with Gasteiger partial charge in [0.1, 0.15) is 17.3 Å². The van der Waals surface area contributed by atoms with Gasteiger partial charge in [-0.3, -0.25) is 4.55 Å². The average Bonchev–Trinajstić information content (AvgIpc) is 2.85. The van der Waals surface area contributed by atoms with E-state index in [9.17, 15) is 13.0 Å². The molecule has 3 aromatic carbocycles. The lowest BCUT2D eigenvalue weighted by molar-refractivity contribution is -0.432. The molecule has 194 valence electrons. The van der Waals surface area contributed by atoms with Crippen LogP contribution in [0, 0.1) is 6.92 Å². The maximum atomic E-state index is 12.0. The third kappa shape index (κ3) is 7.64. The number of aryl methyl sites for hydroxylation is 1. The second-order valence-corrected chi connectivity index (χ2v) is 10.1. The predicted molar refractivity (Wildman–Crippen MR) is 129 cm³/mol. The highest BCUT2D eigenvalue weighted by molar-refractivity contribution is 7.95. The minimum Gasteiger partial charge on any atom is -0.489 e. The van der Waals surface area contributed by atoms with Crippen LogP contribution in [0.5, 0.6) is 5.75 Å². The van der Waals surface area contributed by atoms with Crippen molar-refractivity contribution in [3.8, 4) is 16.9 Å². The molecule has 3 N–H and O–H groups in total. The molecule has 0 aliphatic carbocycles. The van der Waals surface area contributed by atoms with E-state index in [1.54, 1.807) is 56.5 Å². The van der Waals surface area contributed by atoms with Crippen molar-refractivity contribution in [1.29, 1.82) is 0 Å². The minimum absolute atomic E-state index is 0.0893. The molecule has 0 saturated heterocycles. The molecule has 0 saturated carbocycles. The molecule has 0 radical (unpaired) electrons. The molecule has 0 amide bonds. The molecule has 0 atom stereocenters. The number of rotatable bonds is 13. The van der Waals surface area contributed by atoms with Crippen LogP contribution in [0.1, 0.15) is 16.7 Å². The van der Waals surface area contributed by atoms with Crippen molar-refractivity contribution in [1.82, 2.24) is 0 Å². The maximum Gasteiger partial charge on any atom is 0.295 e. The van der Waals surface area contributed by atoms with Gasteiger partial charge in [0.25, 0.3) is 10.1 Å². The lowest BCUT2D eigenvalue weighted by Gasteiger charge is -2.15. The van der Waals surface area contributed by atoms with Gasteiger partial charge in [0, 0.05) is 23.1 Å². The Morgan fingerprint density at radius 1 is 0.833 bits per heavy atom. The number of benzene rings is 3. The fourth-order valence-corrected chi connectivity index (χ4v) is 5.13. The molecule has 0 heterocycles. The van der Waals surface area contributed by atoms with Crippen LogP contribution in [0.3, 0.4) is 0 Å². The summed E-state index contributed by atoms with van der Waals surface area (Å²) in [6.07, 6.45) is 0. The number of ether oxygens (including phenoxy) is 2. The summed E-state index contributed by atoms with van der Waals surface area (Å²) < 4.78 is 53.9. The molecular weight excluding hydrogens is 536 g/mol. The first-order valence-corrected chi connectivity index (χ1v) is 12.9. The normalized spacial score (nSPS) is 11.6. The fraction of sp³-hybridized carbons (Fsp3) is 0.182. The minimum atomic E-state index is -4.53. The largest absolute Gasteiger partial charge is 0.489 e. The van der Waals surface area contributed by atoms with Crippen LogP contribution in [0.4, 0.5) is 0 Å². The molecule has 0 bridgehead atoms. The Kier molecular flexibility index (Phi) is 10.5. The summed E-state index contributed by atoms with van der Waals surface area (Å²) in [5.41, 5.74) is 2.80. The van der Waals surface area contributed by atoms with Crippen LogP contribution >= 0.6 is 24.1 Å². The topological polar surface area (TPSA) is 150 Å². The molecular formula is C22H22O11S3. The summed E-state index contributed by atoms with van der Waals surface area (Å²) in [7, 11) is -2.96. The molecule has 0 aliphatic heterocycles. The van der Waals surface area contributed by atoms with E-state index in [1.807, 2.05) is 6.07 Å². The molecule has 3 aromatic rings. The lowest BCUT2D eigenvalue weighted by atomic mass is 10.0. The van der Waals surface area contributed by atoms with Crippen LogP contribution in [-0.2, 0) is 46.8 Å². The van der Waals surface area contributed by atoms with E-state index in [1.165, 1.54) is 6.07 Å². The quantitative estimate of drug-likeness (QED) is 0.105. The Balaban J connectivity index is 1.93. The lowest BCUT2D eigenvalue weighted by Crippen LogP contribution is -2.03. The first-order chi connectivity index (χ1) is 17.3. The third-order valence-corrected chi connectivity index (χ3v) is 7.03. The molecule has 0 unspecified atom stereocenters. The van der Waals surface area contributed by atoms with Gasteiger partial charge in [0.15, 0.2) is 0 Å². The highest BCUT2D eigenvalue weighted by atomic mass is 32.2. The van der Waals surface area contributed by atoms with Crippen molar-refractivity contribution in [2.75, 3.05) is 7.11 Å². The zero-order valence-corrected chi connectivity index (χ0v) is 21.4. The third-order valence-electron chi connectivity index (χ3n) is 4.80. The van der Waals surface area contributed by atoms with Gasteiger partial charge in [-0.15, -0.1) is 8.67 Å². The molecule has 14 heteroatoms. The predicted octanol–water partition coefficient (Wildman–Crippen LogP) is 5.49. The standard InChI is InChI=1S/C22H22O11S3/c1-14-3-7-19(22(9-14)36(25,26)27)18-8-6-17(11-21(18)35-33-31-24)29-13-16-5-4-15(12-28-2)10-20(16)34-32-30-23/h3-11,23-24H,12-13H2,1-2H3,(H,25,26,27). The first kappa shape index (κ1) is 28.4. The Morgan fingerprint density at radius 2 is 1.53 bits per heavy atom. The molecule has 11 nitrogen and oxygen atoms in total. The average molecular weight is 559 g/mol. The van der Waals surface area contributed by atoms with Crippen LogP contribution in [0.2, 0.25) is 0 Å². The van der Waals surface area contributed by atoms with Crippen molar-refractivity contribution in [2.45, 2.75) is 34.8 Å². The Morgan fingerprint density at radius 3 is 2.19 bits per heavy atom. The molecule has 0 aromatic heterocycles. The summed E-state index contributed by atoms with van der Waals surface area (Å²) in [4.78, 5) is 0.656. The first-order valence-electron chi connectivity index (χ1n) is 10.0. The van der Waals surface area contributed by atoms with E-state index < -0.39 is 10.1 Å². The van der Waals surface area contributed by atoms with Crippen LogP contribution in [-0.4, -0.2) is 30.6 Å². The zero-order valence-electron chi connectivity index (χ0n) is 18.9. The molecule has 3 rings (SSSR count). The van der Waals surface area contributed by atoms with E-state index in [4.69, 9.17) is 20.0 Å². The number of hydrogen-bond donors (Lipinski definition) is 3. The smallest absolute Gasteiger partial charge is 0.295 e. The zero-order chi connectivity index (χ0) is 26.1. The molecule has 0 aliphatic rings. The van der Waals surface area contributed by atoms with Gasteiger partial charge in [-0.2, -0.15) is 8.42 Å². The van der Waals surface area contributed by atoms with Crippen LogP contribution in [0.15, 0.2) is 69.3 Å². The van der Waals surface area contributed by atoms with Gasteiger partial charge in [-0.05, 0) is 53.9 Å². The van der Waals surface area contributed by atoms with E-state index in [0.29, 0.717) is 50.9 Å². The summed E-state index contributed by atoms with van der Waals surface area (Å²) in [6.45, 7) is 2.15. The van der Waals surface area contributed by atoms with E-state index >= 15 is 0 Å².